The third-order valence-electron chi connectivity index (χ3n) is 4.78. The van der Waals surface area contributed by atoms with Crippen LogP contribution in [0.2, 0.25) is 0 Å². The van der Waals surface area contributed by atoms with Crippen LogP contribution in [-0.4, -0.2) is 46.7 Å². The monoisotopic (exact) mass is 330 g/mol. The molecule has 7 nitrogen and oxygen atoms in total. The summed E-state index contributed by atoms with van der Waals surface area (Å²) in [6.07, 6.45) is 8.54. The van der Waals surface area contributed by atoms with Gasteiger partial charge in [0.05, 0.1) is 5.39 Å². The van der Waals surface area contributed by atoms with Crippen LogP contribution >= 0.6 is 0 Å². The van der Waals surface area contributed by atoms with E-state index in [9.17, 15) is 4.79 Å². The Kier molecular flexibility index (Phi) is 5.17. The van der Waals surface area contributed by atoms with E-state index >= 15 is 0 Å². The highest BCUT2D eigenvalue weighted by Crippen LogP contribution is 2.28. The van der Waals surface area contributed by atoms with Gasteiger partial charge in [0.25, 0.3) is 0 Å². The molecule has 0 aromatic carbocycles. The summed E-state index contributed by atoms with van der Waals surface area (Å²) in [7, 11) is 2.10. The van der Waals surface area contributed by atoms with Crippen LogP contribution in [0.5, 0.6) is 0 Å². The van der Waals surface area contributed by atoms with Crippen molar-refractivity contribution in [1.29, 1.82) is 0 Å². The lowest BCUT2D eigenvalue weighted by atomic mass is 9.90. The van der Waals surface area contributed by atoms with Crippen LogP contribution in [0.1, 0.15) is 39.0 Å². The van der Waals surface area contributed by atoms with Gasteiger partial charge >= 0.3 is 6.03 Å². The fourth-order valence-corrected chi connectivity index (χ4v) is 3.40. The smallest absolute Gasteiger partial charge is 0.315 e. The minimum absolute atomic E-state index is 0.0431. The zero-order chi connectivity index (χ0) is 16.9. The van der Waals surface area contributed by atoms with Crippen molar-refractivity contribution in [2.24, 2.45) is 0 Å². The first-order chi connectivity index (χ1) is 11.7. The number of hydrogen-bond donors (Lipinski definition) is 3. The molecule has 7 heteroatoms. The van der Waals surface area contributed by atoms with Gasteiger partial charge in [-0.05, 0) is 38.2 Å². The molecule has 2 aromatic rings. The summed E-state index contributed by atoms with van der Waals surface area (Å²) >= 11 is 0. The highest BCUT2D eigenvalue weighted by molar-refractivity contribution is 5.87. The molecule has 3 rings (SSSR count). The van der Waals surface area contributed by atoms with Crippen LogP contribution < -0.4 is 15.5 Å². The standard InChI is InChI=1S/C17H26N6O/c1-3-9-19-17(24)22-12-4-6-13(7-5-12)23(2)16-14-8-10-18-15(14)20-11-21-16/h8,10-13H,3-7,9H2,1-2H3,(H,18,20,21)(H2,19,22,24). The van der Waals surface area contributed by atoms with Gasteiger partial charge in [0.2, 0.25) is 0 Å². The van der Waals surface area contributed by atoms with Crippen LogP contribution in [0.3, 0.4) is 0 Å². The molecule has 2 aromatic heterocycles. The van der Waals surface area contributed by atoms with Gasteiger partial charge in [0.15, 0.2) is 0 Å². The number of carbonyl (C=O) groups is 1. The lowest BCUT2D eigenvalue weighted by Gasteiger charge is -2.35. The number of hydrogen-bond acceptors (Lipinski definition) is 4. The van der Waals surface area contributed by atoms with Gasteiger partial charge in [-0.1, -0.05) is 6.92 Å². The first kappa shape index (κ1) is 16.5. The molecule has 24 heavy (non-hydrogen) atoms. The Hall–Kier alpha value is -2.31. The van der Waals surface area contributed by atoms with Gasteiger partial charge in [0, 0.05) is 31.9 Å². The molecular weight excluding hydrogens is 304 g/mol. The Morgan fingerprint density at radius 3 is 2.88 bits per heavy atom. The molecule has 0 saturated heterocycles. The summed E-state index contributed by atoms with van der Waals surface area (Å²) in [6.45, 7) is 2.78. The maximum atomic E-state index is 11.8. The number of aromatic amines is 1. The Morgan fingerprint density at radius 2 is 2.12 bits per heavy atom. The average Bonchev–Trinajstić information content (AvgIpc) is 3.08. The first-order valence-corrected chi connectivity index (χ1v) is 8.74. The predicted molar refractivity (Wildman–Crippen MR) is 95.2 cm³/mol. The number of nitrogens with one attached hydrogen (secondary N) is 3. The Labute approximate surface area is 142 Å². The maximum absolute atomic E-state index is 11.8. The largest absolute Gasteiger partial charge is 0.356 e. The number of urea groups is 1. The van der Waals surface area contributed by atoms with Crippen molar-refractivity contribution in [1.82, 2.24) is 25.6 Å². The zero-order valence-electron chi connectivity index (χ0n) is 14.4. The van der Waals surface area contributed by atoms with E-state index in [0.29, 0.717) is 6.04 Å². The van der Waals surface area contributed by atoms with Crippen molar-refractivity contribution < 1.29 is 4.79 Å². The van der Waals surface area contributed by atoms with Crippen molar-refractivity contribution in [3.63, 3.8) is 0 Å². The van der Waals surface area contributed by atoms with Gasteiger partial charge in [-0.3, -0.25) is 0 Å². The second kappa shape index (κ2) is 7.51. The number of carbonyl (C=O) groups excluding carboxylic acids is 1. The number of amides is 2. The number of rotatable bonds is 5. The quantitative estimate of drug-likeness (QED) is 0.786. The topological polar surface area (TPSA) is 85.9 Å². The van der Waals surface area contributed by atoms with E-state index < -0.39 is 0 Å². The van der Waals surface area contributed by atoms with Crippen molar-refractivity contribution >= 4 is 22.9 Å². The molecule has 3 N–H and O–H groups in total. The first-order valence-electron chi connectivity index (χ1n) is 8.74. The number of fused-ring (bicyclic) bond motifs is 1. The van der Waals surface area contributed by atoms with Crippen molar-refractivity contribution in [2.45, 2.75) is 51.1 Å². The average molecular weight is 330 g/mol. The van der Waals surface area contributed by atoms with Crippen LogP contribution in [0.4, 0.5) is 10.6 Å². The molecule has 1 aliphatic rings. The predicted octanol–water partition coefficient (Wildman–Crippen LogP) is 2.41. The number of anilines is 1. The van der Waals surface area contributed by atoms with Crippen LogP contribution in [0.25, 0.3) is 11.0 Å². The summed E-state index contributed by atoms with van der Waals surface area (Å²) in [6, 6.07) is 2.68. The third-order valence-corrected chi connectivity index (χ3v) is 4.78. The van der Waals surface area contributed by atoms with Crippen molar-refractivity contribution in [2.75, 3.05) is 18.5 Å². The molecule has 0 bridgehead atoms. The van der Waals surface area contributed by atoms with E-state index in [2.05, 4.69) is 44.5 Å². The lowest BCUT2D eigenvalue weighted by Crippen LogP contribution is -2.46. The second-order valence-electron chi connectivity index (χ2n) is 6.45. The Morgan fingerprint density at radius 1 is 1.33 bits per heavy atom. The molecule has 0 radical (unpaired) electrons. The Bertz CT molecular complexity index is 677. The fraction of sp³-hybridized carbons (Fsp3) is 0.588. The second-order valence-corrected chi connectivity index (χ2v) is 6.45. The highest BCUT2D eigenvalue weighted by Gasteiger charge is 2.26. The summed E-state index contributed by atoms with van der Waals surface area (Å²) in [5.74, 6) is 0.971. The summed E-state index contributed by atoms with van der Waals surface area (Å²) in [4.78, 5) is 25.9. The number of aromatic nitrogens is 3. The van der Waals surface area contributed by atoms with E-state index in [1.54, 1.807) is 6.33 Å². The molecule has 130 valence electrons. The molecule has 1 aliphatic carbocycles. The molecule has 2 amide bonds. The summed E-state index contributed by atoms with van der Waals surface area (Å²) in [5, 5.41) is 7.01. The van der Waals surface area contributed by atoms with E-state index in [1.807, 2.05) is 12.3 Å². The van der Waals surface area contributed by atoms with Crippen molar-refractivity contribution in [3.8, 4) is 0 Å². The van der Waals surface area contributed by atoms with Gasteiger partial charge in [0.1, 0.15) is 17.8 Å². The molecular formula is C17H26N6O. The van der Waals surface area contributed by atoms with Crippen molar-refractivity contribution in [3.05, 3.63) is 18.6 Å². The molecule has 0 unspecified atom stereocenters. The molecule has 2 heterocycles. The minimum atomic E-state index is -0.0431. The minimum Gasteiger partial charge on any atom is -0.356 e. The molecule has 0 spiro atoms. The van der Waals surface area contributed by atoms with E-state index in [-0.39, 0.29) is 12.1 Å². The van der Waals surface area contributed by atoms with Crippen LogP contribution in [0, 0.1) is 0 Å². The van der Waals surface area contributed by atoms with Crippen LogP contribution in [-0.2, 0) is 0 Å². The normalized spacial score (nSPS) is 20.8. The SMILES string of the molecule is CCCNC(=O)NC1CCC(N(C)c2ncnc3[nH]ccc23)CC1. The maximum Gasteiger partial charge on any atom is 0.315 e. The summed E-state index contributed by atoms with van der Waals surface area (Å²) < 4.78 is 0. The fourth-order valence-electron chi connectivity index (χ4n) is 3.40. The number of nitrogens with zero attached hydrogens (tertiary/aromatic N) is 3. The molecule has 0 atom stereocenters. The third kappa shape index (κ3) is 3.60. The van der Waals surface area contributed by atoms with Gasteiger partial charge in [-0.2, -0.15) is 0 Å². The molecule has 1 saturated carbocycles. The van der Waals surface area contributed by atoms with E-state index in [0.717, 1.165) is 55.5 Å². The molecule has 0 aliphatic heterocycles. The van der Waals surface area contributed by atoms with E-state index in [1.165, 1.54) is 0 Å². The van der Waals surface area contributed by atoms with Gasteiger partial charge in [-0.25, -0.2) is 14.8 Å². The summed E-state index contributed by atoms with van der Waals surface area (Å²) in [5.41, 5.74) is 0.870. The number of H-pyrrole nitrogens is 1. The van der Waals surface area contributed by atoms with Crippen LogP contribution in [0.15, 0.2) is 18.6 Å². The lowest BCUT2D eigenvalue weighted by molar-refractivity contribution is 0.231. The van der Waals surface area contributed by atoms with Gasteiger partial charge < -0.3 is 20.5 Å². The molecule has 1 fully saturated rings. The Balaban J connectivity index is 1.56. The van der Waals surface area contributed by atoms with E-state index in [4.69, 9.17) is 0 Å². The van der Waals surface area contributed by atoms with Gasteiger partial charge in [-0.15, -0.1) is 0 Å². The highest BCUT2D eigenvalue weighted by atomic mass is 16.2. The zero-order valence-corrected chi connectivity index (χ0v) is 14.4.